The molecule has 1 saturated heterocycles. The van der Waals surface area contributed by atoms with Gasteiger partial charge in [-0.05, 0) is 50.5 Å². The third kappa shape index (κ3) is 4.50. The fraction of sp³-hybridized carbons (Fsp3) is 0.391. The van der Waals surface area contributed by atoms with Crippen LogP contribution < -0.4 is 15.0 Å². The Morgan fingerprint density at radius 2 is 1.90 bits per heavy atom. The van der Waals surface area contributed by atoms with Gasteiger partial charge >= 0.3 is 0 Å². The van der Waals surface area contributed by atoms with Crippen LogP contribution in [-0.4, -0.2) is 40.6 Å². The molecule has 1 aliphatic heterocycles. The lowest BCUT2D eigenvalue weighted by atomic mass is 9.95. The molecule has 0 unspecified atom stereocenters. The van der Waals surface area contributed by atoms with Crippen molar-refractivity contribution in [1.29, 1.82) is 0 Å². The summed E-state index contributed by atoms with van der Waals surface area (Å²) in [4.78, 5) is 28.0. The van der Waals surface area contributed by atoms with Crippen LogP contribution in [-0.2, 0) is 4.79 Å². The van der Waals surface area contributed by atoms with E-state index >= 15 is 0 Å². The van der Waals surface area contributed by atoms with Crippen molar-refractivity contribution in [3.63, 3.8) is 0 Å². The smallest absolute Gasteiger partial charge is 0.223 e. The van der Waals surface area contributed by atoms with Gasteiger partial charge in [-0.2, -0.15) is 0 Å². The van der Waals surface area contributed by atoms with E-state index in [1.165, 1.54) is 0 Å². The van der Waals surface area contributed by atoms with E-state index in [0.717, 1.165) is 48.4 Å². The van der Waals surface area contributed by atoms with Crippen LogP contribution in [0.15, 0.2) is 48.9 Å². The number of benzene rings is 1. The van der Waals surface area contributed by atoms with Gasteiger partial charge in [0.1, 0.15) is 11.3 Å². The van der Waals surface area contributed by atoms with Gasteiger partial charge in [-0.1, -0.05) is 12.1 Å². The Balaban J connectivity index is 1.32. The summed E-state index contributed by atoms with van der Waals surface area (Å²) in [6.07, 6.45) is 6.80. The van der Waals surface area contributed by atoms with Gasteiger partial charge in [0.25, 0.3) is 0 Å². The van der Waals surface area contributed by atoms with Gasteiger partial charge in [0.2, 0.25) is 5.91 Å². The van der Waals surface area contributed by atoms with Gasteiger partial charge in [-0.15, -0.1) is 0 Å². The molecule has 7 nitrogen and oxygen atoms in total. The summed E-state index contributed by atoms with van der Waals surface area (Å²) in [5.74, 6) is 0.999. The van der Waals surface area contributed by atoms with Crippen molar-refractivity contribution in [3.8, 4) is 5.75 Å². The van der Waals surface area contributed by atoms with E-state index in [-0.39, 0.29) is 17.9 Å². The first-order chi connectivity index (χ1) is 14.6. The zero-order valence-electron chi connectivity index (χ0n) is 17.4. The first-order valence-corrected chi connectivity index (χ1v) is 10.5. The van der Waals surface area contributed by atoms with Crippen LogP contribution in [0, 0.1) is 5.92 Å². The zero-order valence-corrected chi connectivity index (χ0v) is 17.4. The highest BCUT2D eigenvalue weighted by molar-refractivity contribution is 5.79. The molecule has 156 valence electrons. The molecule has 4 rings (SSSR count). The SMILES string of the molecule is CCOc1ccc([C@@H](C)NC(=O)C2CCN(c3cnc4nccnc4c3)CC2)cc1. The minimum atomic E-state index is -0.0329. The Labute approximate surface area is 176 Å². The van der Waals surface area contributed by atoms with E-state index in [1.54, 1.807) is 12.4 Å². The molecule has 1 aromatic carbocycles. The highest BCUT2D eigenvalue weighted by atomic mass is 16.5. The monoisotopic (exact) mass is 405 g/mol. The molecule has 3 heterocycles. The molecule has 1 amide bonds. The van der Waals surface area contributed by atoms with E-state index in [2.05, 4.69) is 25.2 Å². The number of anilines is 1. The van der Waals surface area contributed by atoms with E-state index < -0.39 is 0 Å². The van der Waals surface area contributed by atoms with Crippen LogP contribution in [0.5, 0.6) is 5.75 Å². The first-order valence-electron chi connectivity index (χ1n) is 10.5. The van der Waals surface area contributed by atoms with E-state index in [4.69, 9.17) is 4.74 Å². The summed E-state index contributed by atoms with van der Waals surface area (Å²) in [5.41, 5.74) is 3.55. The van der Waals surface area contributed by atoms with Crippen molar-refractivity contribution in [3.05, 3.63) is 54.5 Å². The largest absolute Gasteiger partial charge is 0.494 e. The highest BCUT2D eigenvalue weighted by Gasteiger charge is 2.26. The molecule has 0 radical (unpaired) electrons. The predicted molar refractivity (Wildman–Crippen MR) is 116 cm³/mol. The number of amides is 1. The molecule has 0 saturated carbocycles. The third-order valence-electron chi connectivity index (χ3n) is 5.59. The second-order valence-electron chi connectivity index (χ2n) is 7.59. The second kappa shape index (κ2) is 9.07. The molecule has 1 aliphatic rings. The molecule has 2 aromatic heterocycles. The summed E-state index contributed by atoms with van der Waals surface area (Å²) >= 11 is 0. The van der Waals surface area contributed by atoms with Crippen molar-refractivity contribution in [2.75, 3.05) is 24.6 Å². The molecular weight excluding hydrogens is 378 g/mol. The van der Waals surface area contributed by atoms with E-state index in [0.29, 0.717) is 12.3 Å². The van der Waals surface area contributed by atoms with Crippen molar-refractivity contribution in [2.24, 2.45) is 5.92 Å². The minimum absolute atomic E-state index is 0.0274. The second-order valence-corrected chi connectivity index (χ2v) is 7.59. The number of rotatable bonds is 6. The first kappa shape index (κ1) is 20.1. The van der Waals surface area contributed by atoms with Gasteiger partial charge in [0.15, 0.2) is 5.65 Å². The third-order valence-corrected chi connectivity index (χ3v) is 5.59. The number of nitrogens with one attached hydrogen (secondary N) is 1. The maximum absolute atomic E-state index is 12.8. The normalized spacial score (nSPS) is 15.7. The quantitative estimate of drug-likeness (QED) is 0.676. The predicted octanol–water partition coefficient (Wildman–Crippen LogP) is 3.52. The number of nitrogens with zero attached hydrogens (tertiary/aromatic N) is 4. The molecule has 1 atom stereocenters. The summed E-state index contributed by atoms with van der Waals surface area (Å²) in [5, 5.41) is 3.17. The van der Waals surface area contributed by atoms with Crippen molar-refractivity contribution >= 4 is 22.8 Å². The average Bonchev–Trinajstić information content (AvgIpc) is 2.79. The van der Waals surface area contributed by atoms with Gasteiger partial charge in [-0.25, -0.2) is 9.97 Å². The number of fused-ring (bicyclic) bond motifs is 1. The lowest BCUT2D eigenvalue weighted by molar-refractivity contribution is -0.126. The van der Waals surface area contributed by atoms with Crippen LogP contribution in [0.4, 0.5) is 5.69 Å². The number of piperidine rings is 1. The number of pyridine rings is 1. The lowest BCUT2D eigenvalue weighted by Crippen LogP contribution is -2.41. The number of hydrogen-bond acceptors (Lipinski definition) is 6. The molecular formula is C23H27N5O2. The number of carbonyl (C=O) groups excluding carboxylic acids is 1. The Kier molecular flexibility index (Phi) is 6.07. The van der Waals surface area contributed by atoms with Crippen molar-refractivity contribution in [1.82, 2.24) is 20.3 Å². The van der Waals surface area contributed by atoms with Crippen LogP contribution in [0.25, 0.3) is 11.2 Å². The standard InChI is InChI=1S/C23H27N5O2/c1-3-30-20-6-4-17(5-7-20)16(2)27-23(29)18-8-12-28(13-9-18)19-14-21-22(26-15-19)25-11-10-24-21/h4-7,10-11,14-16,18H,3,8-9,12-13H2,1-2H3,(H,27,29)/t16-/m1/s1. The van der Waals surface area contributed by atoms with E-state index in [1.807, 2.05) is 50.4 Å². The molecule has 0 bridgehead atoms. The molecule has 3 aromatic rings. The number of hydrogen-bond donors (Lipinski definition) is 1. The summed E-state index contributed by atoms with van der Waals surface area (Å²) < 4.78 is 5.48. The van der Waals surface area contributed by atoms with E-state index in [9.17, 15) is 4.79 Å². The van der Waals surface area contributed by atoms with Gasteiger partial charge in [-0.3, -0.25) is 9.78 Å². The lowest BCUT2D eigenvalue weighted by Gasteiger charge is -2.33. The molecule has 30 heavy (non-hydrogen) atoms. The van der Waals surface area contributed by atoms with Gasteiger partial charge < -0.3 is 15.0 Å². The van der Waals surface area contributed by atoms with Crippen LogP contribution in [0.3, 0.4) is 0 Å². The summed E-state index contributed by atoms with van der Waals surface area (Å²) in [7, 11) is 0. The average molecular weight is 406 g/mol. The summed E-state index contributed by atoms with van der Waals surface area (Å²) in [6, 6.07) is 9.89. The maximum Gasteiger partial charge on any atom is 0.223 e. The topological polar surface area (TPSA) is 80.2 Å². The van der Waals surface area contributed by atoms with Crippen molar-refractivity contribution < 1.29 is 9.53 Å². The number of aromatic nitrogens is 3. The van der Waals surface area contributed by atoms with Gasteiger partial charge in [0.05, 0.1) is 24.5 Å². The highest BCUT2D eigenvalue weighted by Crippen LogP contribution is 2.25. The zero-order chi connectivity index (χ0) is 20.9. The molecule has 1 fully saturated rings. The number of ether oxygens (including phenoxy) is 1. The Morgan fingerprint density at radius 1 is 1.17 bits per heavy atom. The van der Waals surface area contributed by atoms with Crippen LogP contribution in [0.1, 0.15) is 38.3 Å². The molecule has 0 aliphatic carbocycles. The van der Waals surface area contributed by atoms with Crippen LogP contribution in [0.2, 0.25) is 0 Å². The minimum Gasteiger partial charge on any atom is -0.494 e. The van der Waals surface area contributed by atoms with Crippen LogP contribution >= 0.6 is 0 Å². The van der Waals surface area contributed by atoms with Gasteiger partial charge in [0, 0.05) is 31.4 Å². The maximum atomic E-state index is 12.8. The molecule has 7 heteroatoms. The Morgan fingerprint density at radius 3 is 2.63 bits per heavy atom. The Bertz CT molecular complexity index is 1000. The summed E-state index contributed by atoms with van der Waals surface area (Å²) in [6.45, 7) is 6.27. The fourth-order valence-electron chi connectivity index (χ4n) is 3.85. The van der Waals surface area contributed by atoms with Crippen molar-refractivity contribution in [2.45, 2.75) is 32.7 Å². The fourth-order valence-corrected chi connectivity index (χ4v) is 3.85. The molecule has 0 spiro atoms. The molecule has 1 N–H and O–H groups in total. The number of carbonyl (C=O) groups is 1. The Hall–Kier alpha value is -3.22.